The normalized spacial score (nSPS) is 25.2. The van der Waals surface area contributed by atoms with Crippen LogP contribution in [0, 0.1) is 11.8 Å². The van der Waals surface area contributed by atoms with Crippen molar-refractivity contribution < 1.29 is 47.6 Å². The molecule has 10 unspecified atom stereocenters. The van der Waals surface area contributed by atoms with Crippen molar-refractivity contribution in [2.45, 2.75) is 191 Å². The number of aliphatic imine (C=N–C) groups is 3. The van der Waals surface area contributed by atoms with Crippen LogP contribution >= 0.6 is 34.8 Å². The lowest BCUT2D eigenvalue weighted by molar-refractivity contribution is -0.160. The molecule has 4 bridgehead atoms. The monoisotopic (exact) mass is 1760 g/mol. The number of fused-ring (bicyclic) bond motifs is 8. The number of aldehydes is 1. The average Bonchev–Trinajstić information content (AvgIpc) is 1.59. The molecule has 127 heavy (non-hydrogen) atoms. The minimum absolute atomic E-state index is 0.00994. The zero-order valence-electron chi connectivity index (χ0n) is 73.0. The molecule has 13 heterocycles. The fourth-order valence-corrected chi connectivity index (χ4v) is 23.2. The second kappa shape index (κ2) is 33.3. The number of hydrogen-bond donors (Lipinski definition) is 0. The average molecular weight is 1760 g/mol. The Bertz CT molecular complexity index is 6130. The van der Waals surface area contributed by atoms with E-state index in [1.807, 2.05) is 216 Å². The largest absolute Gasteiger partial charge is 0.356 e. The lowest BCUT2D eigenvalue weighted by Crippen LogP contribution is -2.76. The topological polar surface area (TPSA) is 185 Å². The maximum atomic E-state index is 14.9. The van der Waals surface area contributed by atoms with Gasteiger partial charge >= 0.3 is 0 Å². The summed E-state index contributed by atoms with van der Waals surface area (Å²) in [5.74, 6) is 0.243. The third-order valence-corrected chi connectivity index (χ3v) is 29.5. The van der Waals surface area contributed by atoms with Crippen LogP contribution in [0.1, 0.15) is 166 Å². The Morgan fingerprint density at radius 3 is 1.25 bits per heavy atom. The third kappa shape index (κ3) is 14.3. The number of benzene rings is 9. The smallest absolute Gasteiger partial charge is 0.254 e. The van der Waals surface area contributed by atoms with Crippen LogP contribution in [-0.4, -0.2) is 124 Å². The number of rotatable bonds is 18. The van der Waals surface area contributed by atoms with Crippen molar-refractivity contribution >= 4 is 109 Å². The van der Waals surface area contributed by atoms with Crippen LogP contribution in [0.15, 0.2) is 264 Å². The highest BCUT2D eigenvalue weighted by atomic mass is 35.5. The predicted octanol–water partition coefficient (Wildman–Crippen LogP) is 20.8. The second-order valence-corrected chi connectivity index (χ2v) is 38.4. The molecule has 0 radical (unpaired) electrons. The number of amides is 3. The van der Waals surface area contributed by atoms with Gasteiger partial charge in [0.25, 0.3) is 11.8 Å². The SMILES string of the molecule is C=CC(C)(C)c1c(C=O)c2ccc(Cl)cc2n1COCc1ccccc1.CC1=NC23Cc4c(n(COCc5ccccc5)c5cc(Cl)ccc45)C(C)(C)C2CC12COC(c1ccccc1)N2C3=O.CC1=NC23Cc4c(n(COCc5ccccc5)c5cc(Cl)ccc45)C(C)(C)C2CC12COC(c1ccccc1)N2C3=O.CC1=NCC(=O)N2C1COC2c1ccccc1. The van der Waals surface area contributed by atoms with Crippen LogP contribution in [0.25, 0.3) is 32.7 Å². The summed E-state index contributed by atoms with van der Waals surface area (Å²) in [6.07, 6.45) is 4.42. The molecule has 650 valence electrons. The first-order valence-corrected chi connectivity index (χ1v) is 44.9. The van der Waals surface area contributed by atoms with Gasteiger partial charge in [-0.25, -0.2) is 0 Å². The molecule has 22 heteroatoms. The van der Waals surface area contributed by atoms with E-state index >= 15 is 0 Å². The van der Waals surface area contributed by atoms with Crippen molar-refractivity contribution in [2.75, 3.05) is 26.4 Å². The predicted molar refractivity (Wildman–Crippen MR) is 498 cm³/mol. The number of halogens is 3. The quantitative estimate of drug-likeness (QED) is 0.0591. The number of piperidine rings is 2. The van der Waals surface area contributed by atoms with Crippen LogP contribution in [0.5, 0.6) is 0 Å². The second-order valence-electron chi connectivity index (χ2n) is 37.1. The number of allylic oxidation sites excluding steroid dienone is 1. The first-order chi connectivity index (χ1) is 61.3. The van der Waals surface area contributed by atoms with Gasteiger partial charge in [-0.05, 0) is 97.8 Å². The molecule has 12 aromatic rings. The summed E-state index contributed by atoms with van der Waals surface area (Å²) in [4.78, 5) is 74.4. The van der Waals surface area contributed by atoms with Gasteiger partial charge in [0.2, 0.25) is 5.91 Å². The highest BCUT2D eigenvalue weighted by molar-refractivity contribution is 6.32. The first-order valence-electron chi connectivity index (χ1n) is 43.8. The van der Waals surface area contributed by atoms with Crippen LogP contribution in [0.3, 0.4) is 0 Å². The van der Waals surface area contributed by atoms with Crippen molar-refractivity contribution in [1.29, 1.82) is 0 Å². The molecule has 12 aliphatic rings. The molecule has 5 fully saturated rings. The molecule has 5 saturated heterocycles. The summed E-state index contributed by atoms with van der Waals surface area (Å²) in [7, 11) is 0. The molecule has 0 N–H and O–H groups in total. The molecule has 24 rings (SSSR count). The summed E-state index contributed by atoms with van der Waals surface area (Å²) in [6.45, 7) is 27.7. The molecule has 4 spiro atoms. The fraction of sp³-hybridized carbons (Fsp3) is 0.343. The van der Waals surface area contributed by atoms with Gasteiger partial charge in [-0.15, -0.1) is 6.58 Å². The van der Waals surface area contributed by atoms with Gasteiger partial charge in [0, 0.05) is 129 Å². The maximum Gasteiger partial charge on any atom is 0.254 e. The van der Waals surface area contributed by atoms with Crippen molar-refractivity contribution in [2.24, 2.45) is 26.8 Å². The Balaban J connectivity index is 0.000000116. The Kier molecular flexibility index (Phi) is 22.4. The van der Waals surface area contributed by atoms with E-state index in [9.17, 15) is 19.2 Å². The van der Waals surface area contributed by atoms with Gasteiger partial charge in [0.05, 0.1) is 62.2 Å². The highest BCUT2D eigenvalue weighted by Gasteiger charge is 2.74. The third-order valence-electron chi connectivity index (χ3n) is 28.8. The van der Waals surface area contributed by atoms with Crippen LogP contribution in [-0.2, 0) is 112 Å². The van der Waals surface area contributed by atoms with E-state index in [2.05, 4.69) is 123 Å². The number of carbonyl (C=O) groups is 4. The van der Waals surface area contributed by atoms with Crippen LogP contribution in [0.4, 0.5) is 0 Å². The van der Waals surface area contributed by atoms with Crippen molar-refractivity contribution in [1.82, 2.24) is 28.4 Å². The zero-order chi connectivity index (χ0) is 88.3. The molecular weight excluding hydrogens is 1650 g/mol. The highest BCUT2D eigenvalue weighted by Crippen LogP contribution is 2.65. The van der Waals surface area contributed by atoms with Crippen molar-refractivity contribution in [3.63, 3.8) is 0 Å². The number of nitrogens with zero attached hydrogens (tertiary/aromatic N) is 9. The minimum Gasteiger partial charge on any atom is -0.356 e. The van der Waals surface area contributed by atoms with E-state index in [0.717, 1.165) is 108 Å². The van der Waals surface area contributed by atoms with E-state index in [0.29, 0.717) is 93.3 Å². The summed E-state index contributed by atoms with van der Waals surface area (Å²) >= 11 is 19.3. The van der Waals surface area contributed by atoms with Gasteiger partial charge in [-0.2, -0.15) is 0 Å². The summed E-state index contributed by atoms with van der Waals surface area (Å²) in [5.41, 5.74) is 14.7. The fourth-order valence-electron chi connectivity index (χ4n) is 22.7. The Hall–Kier alpha value is -10.9. The van der Waals surface area contributed by atoms with Crippen LogP contribution < -0.4 is 0 Å². The number of aromatic nitrogens is 3. The van der Waals surface area contributed by atoms with Gasteiger partial charge in [0.15, 0.2) is 25.0 Å². The number of ether oxygens (including phenoxy) is 6. The van der Waals surface area contributed by atoms with Crippen LogP contribution in [0.2, 0.25) is 15.1 Å². The molecule has 19 nitrogen and oxygen atoms in total. The van der Waals surface area contributed by atoms with Gasteiger partial charge in [-0.3, -0.25) is 44.0 Å². The maximum absolute atomic E-state index is 14.9. The Morgan fingerprint density at radius 2 is 0.858 bits per heavy atom. The van der Waals surface area contributed by atoms with Gasteiger partial charge in [-0.1, -0.05) is 283 Å². The molecule has 3 amide bonds. The van der Waals surface area contributed by atoms with E-state index < -0.39 is 40.0 Å². The Labute approximate surface area is 755 Å². The molecular formula is C105H104Cl3N9O10. The standard InChI is InChI=1S/2C35H34ClN3O3.C22H22ClNO2.C13H14N2O2/c2*1-22-34-18-29-33(2,3)30-27(17-35(29,37-22)32(40)39(34)31(42-20-34)24-12-8-5-9-13-24)26-15-14-25(36)16-28(26)38(30)21-41-19-23-10-6-4-7-11-23;1-4-22(2,3)21-19(13-25)18-11-10-17(23)12-20(18)24(21)15-26-14-16-8-6-5-7-9-16;1-9-11-8-17-13(10-5-3-2-4-6-10)15(11)12(16)7-14-9/h2*4-16,29,31H,17-21H2,1-3H3;4-13H,1,14-15H2,2-3H3;2-6,11,13H,7-8H2,1H3. The minimum atomic E-state index is -0.882. The van der Waals surface area contributed by atoms with E-state index in [1.54, 1.807) is 6.07 Å². The molecule has 2 aliphatic carbocycles. The lowest BCUT2D eigenvalue weighted by atomic mass is 9.51. The van der Waals surface area contributed by atoms with E-state index in [1.165, 1.54) is 22.5 Å². The Morgan fingerprint density at radius 1 is 0.488 bits per heavy atom. The van der Waals surface area contributed by atoms with Gasteiger partial charge < -0.3 is 47.0 Å². The zero-order valence-corrected chi connectivity index (χ0v) is 75.3. The number of carbonyl (C=O) groups excluding carboxylic acids is 4. The molecule has 10 aliphatic heterocycles. The summed E-state index contributed by atoms with van der Waals surface area (Å²) < 4.78 is 43.9. The molecule has 10 atom stereocenters. The number of hydrogen-bond acceptors (Lipinski definition) is 13. The first kappa shape index (κ1) is 85.5. The summed E-state index contributed by atoms with van der Waals surface area (Å²) in [6, 6.07) is 78.3. The van der Waals surface area contributed by atoms with Gasteiger partial charge in [0.1, 0.15) is 48.9 Å². The van der Waals surface area contributed by atoms with E-state index in [-0.39, 0.29) is 59.2 Å². The molecule has 3 aromatic heterocycles. The van der Waals surface area contributed by atoms with Crippen molar-refractivity contribution in [3.8, 4) is 0 Å². The lowest BCUT2D eigenvalue weighted by Gasteiger charge is -2.62. The molecule has 9 aromatic carbocycles. The molecule has 0 saturated carbocycles. The summed E-state index contributed by atoms with van der Waals surface area (Å²) in [5, 5.41) is 5.09. The van der Waals surface area contributed by atoms with E-state index in [4.69, 9.17) is 73.2 Å². The van der Waals surface area contributed by atoms with Crippen molar-refractivity contribution in [3.05, 3.63) is 331 Å².